The van der Waals surface area contributed by atoms with Crippen LogP contribution in [0, 0.1) is 17.1 Å². The first kappa shape index (κ1) is 14.3. The number of hydrogen-bond donors (Lipinski definition) is 3. The molecular weight excluding hydrogens is 271 g/mol. The molecule has 2 rings (SSSR count). The molecule has 0 heterocycles. The van der Waals surface area contributed by atoms with Gasteiger partial charge in [0, 0.05) is 18.4 Å². The van der Waals surface area contributed by atoms with E-state index in [0.717, 1.165) is 0 Å². The first-order valence-corrected chi connectivity index (χ1v) is 6.13. The summed E-state index contributed by atoms with van der Waals surface area (Å²) in [5, 5.41) is 14.3. The normalized spacial score (nSPS) is 9.76. The molecule has 0 radical (unpaired) electrons. The molecule has 0 aliphatic heterocycles. The van der Waals surface area contributed by atoms with Crippen LogP contribution in [0.15, 0.2) is 36.4 Å². The molecule has 0 aliphatic rings. The van der Waals surface area contributed by atoms with Crippen molar-refractivity contribution in [3.05, 3.63) is 53.3 Å². The molecular formula is C15H13FN4O. The second kappa shape index (κ2) is 5.92. The lowest BCUT2D eigenvalue weighted by molar-refractivity contribution is 0.0964. The van der Waals surface area contributed by atoms with Crippen LogP contribution < -0.4 is 16.4 Å². The molecule has 0 spiro atoms. The Kier molecular flexibility index (Phi) is 4.05. The van der Waals surface area contributed by atoms with Gasteiger partial charge in [0.2, 0.25) is 0 Å². The maximum Gasteiger partial charge on any atom is 0.253 e. The Morgan fingerprint density at radius 2 is 2.05 bits per heavy atom. The van der Waals surface area contributed by atoms with Crippen LogP contribution in [-0.4, -0.2) is 13.0 Å². The third-order valence-corrected chi connectivity index (χ3v) is 2.88. The van der Waals surface area contributed by atoms with E-state index in [-0.39, 0.29) is 11.5 Å². The smallest absolute Gasteiger partial charge is 0.253 e. The van der Waals surface area contributed by atoms with Gasteiger partial charge >= 0.3 is 0 Å². The number of nitriles is 1. The number of hydrogen-bond acceptors (Lipinski definition) is 4. The number of carbonyl (C=O) groups is 1. The summed E-state index contributed by atoms with van der Waals surface area (Å²) >= 11 is 0. The van der Waals surface area contributed by atoms with Crippen LogP contribution in [0.4, 0.5) is 21.5 Å². The van der Waals surface area contributed by atoms with Crippen molar-refractivity contribution in [2.24, 2.45) is 0 Å². The summed E-state index contributed by atoms with van der Waals surface area (Å²) in [5.74, 6) is -0.873. The average Bonchev–Trinajstić information content (AvgIpc) is 2.48. The fraction of sp³-hybridized carbons (Fsp3) is 0.0667. The lowest BCUT2D eigenvalue weighted by atomic mass is 10.1. The number of nitrogen functional groups attached to an aromatic ring is 1. The van der Waals surface area contributed by atoms with Gasteiger partial charge < -0.3 is 16.4 Å². The van der Waals surface area contributed by atoms with E-state index >= 15 is 0 Å². The van der Waals surface area contributed by atoms with E-state index in [2.05, 4.69) is 10.6 Å². The van der Waals surface area contributed by atoms with E-state index in [9.17, 15) is 9.18 Å². The highest BCUT2D eigenvalue weighted by Gasteiger charge is 2.11. The maximum atomic E-state index is 13.3. The van der Waals surface area contributed by atoms with Crippen LogP contribution in [0.3, 0.4) is 0 Å². The predicted molar refractivity (Wildman–Crippen MR) is 78.6 cm³/mol. The minimum Gasteiger partial charge on any atom is -0.399 e. The van der Waals surface area contributed by atoms with Gasteiger partial charge in [-0.2, -0.15) is 5.26 Å². The second-order valence-corrected chi connectivity index (χ2v) is 4.32. The van der Waals surface area contributed by atoms with Crippen LogP contribution in [0.5, 0.6) is 0 Å². The van der Waals surface area contributed by atoms with Crippen molar-refractivity contribution in [3.63, 3.8) is 0 Å². The van der Waals surface area contributed by atoms with Crippen LogP contribution in [0.1, 0.15) is 15.9 Å². The van der Waals surface area contributed by atoms with Crippen molar-refractivity contribution in [2.75, 3.05) is 18.1 Å². The maximum absolute atomic E-state index is 13.3. The number of nitrogens with zero attached hydrogens (tertiary/aromatic N) is 1. The quantitative estimate of drug-likeness (QED) is 0.755. The summed E-state index contributed by atoms with van der Waals surface area (Å²) in [7, 11) is 1.52. The van der Waals surface area contributed by atoms with E-state index in [1.165, 1.54) is 25.2 Å². The van der Waals surface area contributed by atoms with E-state index in [1.54, 1.807) is 24.3 Å². The van der Waals surface area contributed by atoms with Crippen LogP contribution in [-0.2, 0) is 0 Å². The van der Waals surface area contributed by atoms with Gasteiger partial charge in [0.1, 0.15) is 11.9 Å². The van der Waals surface area contributed by atoms with Crippen molar-refractivity contribution in [1.29, 1.82) is 5.26 Å². The molecule has 6 heteroatoms. The Morgan fingerprint density at radius 3 is 2.71 bits per heavy atom. The number of anilines is 3. The summed E-state index contributed by atoms with van der Waals surface area (Å²) in [6, 6.07) is 10.6. The molecule has 0 fully saturated rings. The topological polar surface area (TPSA) is 90.9 Å². The summed E-state index contributed by atoms with van der Waals surface area (Å²) in [5.41, 5.74) is 7.48. The Hall–Kier alpha value is -3.07. The zero-order valence-corrected chi connectivity index (χ0v) is 11.3. The number of benzene rings is 2. The standard InChI is InChI=1S/C15H13FN4O/c1-19-15(21)12-4-2-10(18)7-14(12)20-11-3-5-13(16)9(6-11)8-17/h2-7,20H,18H2,1H3,(H,19,21). The molecule has 21 heavy (non-hydrogen) atoms. The lowest BCUT2D eigenvalue weighted by Crippen LogP contribution is -2.19. The van der Waals surface area contributed by atoms with Crippen molar-refractivity contribution >= 4 is 23.0 Å². The van der Waals surface area contributed by atoms with Gasteiger partial charge in [-0.25, -0.2) is 4.39 Å². The minimum atomic E-state index is -0.595. The number of nitrogens with one attached hydrogen (secondary N) is 2. The lowest BCUT2D eigenvalue weighted by Gasteiger charge is -2.12. The third kappa shape index (κ3) is 3.09. The number of halogens is 1. The summed E-state index contributed by atoms with van der Waals surface area (Å²) in [6.07, 6.45) is 0. The zero-order chi connectivity index (χ0) is 15.4. The molecule has 0 saturated heterocycles. The van der Waals surface area contributed by atoms with Crippen LogP contribution in [0.2, 0.25) is 0 Å². The van der Waals surface area contributed by atoms with E-state index in [1.807, 2.05) is 0 Å². The first-order valence-electron chi connectivity index (χ1n) is 6.13. The molecule has 5 nitrogen and oxygen atoms in total. The van der Waals surface area contributed by atoms with Gasteiger partial charge in [-0.05, 0) is 36.4 Å². The Bertz CT molecular complexity index is 737. The van der Waals surface area contributed by atoms with E-state index in [4.69, 9.17) is 11.0 Å². The molecule has 0 aromatic heterocycles. The van der Waals surface area contributed by atoms with Crippen LogP contribution >= 0.6 is 0 Å². The Labute approximate surface area is 121 Å². The molecule has 0 saturated carbocycles. The van der Waals surface area contributed by atoms with Crippen molar-refractivity contribution < 1.29 is 9.18 Å². The fourth-order valence-corrected chi connectivity index (χ4v) is 1.84. The van der Waals surface area contributed by atoms with Gasteiger partial charge in [0.05, 0.1) is 16.8 Å². The van der Waals surface area contributed by atoms with Crippen molar-refractivity contribution in [2.45, 2.75) is 0 Å². The highest BCUT2D eigenvalue weighted by atomic mass is 19.1. The monoisotopic (exact) mass is 284 g/mol. The highest BCUT2D eigenvalue weighted by molar-refractivity contribution is 6.00. The highest BCUT2D eigenvalue weighted by Crippen LogP contribution is 2.25. The third-order valence-electron chi connectivity index (χ3n) is 2.88. The largest absolute Gasteiger partial charge is 0.399 e. The molecule has 0 unspecified atom stereocenters. The SMILES string of the molecule is CNC(=O)c1ccc(N)cc1Nc1ccc(F)c(C#N)c1. The van der Waals surface area contributed by atoms with Gasteiger partial charge in [-0.1, -0.05) is 0 Å². The van der Waals surface area contributed by atoms with Crippen LogP contribution in [0.25, 0.3) is 0 Å². The fourth-order valence-electron chi connectivity index (χ4n) is 1.84. The minimum absolute atomic E-state index is 0.0783. The first-order chi connectivity index (χ1) is 10.0. The van der Waals surface area contributed by atoms with Crippen molar-refractivity contribution in [3.8, 4) is 6.07 Å². The molecule has 106 valence electrons. The summed E-state index contributed by atoms with van der Waals surface area (Å²) in [4.78, 5) is 11.8. The average molecular weight is 284 g/mol. The second-order valence-electron chi connectivity index (χ2n) is 4.32. The molecule has 1 amide bonds. The molecule has 0 aliphatic carbocycles. The summed E-state index contributed by atoms with van der Waals surface area (Å²) in [6.45, 7) is 0. The molecule has 0 bridgehead atoms. The Balaban J connectivity index is 2.41. The van der Waals surface area contributed by atoms with E-state index < -0.39 is 5.82 Å². The number of amides is 1. The van der Waals surface area contributed by atoms with Gasteiger partial charge in [-0.3, -0.25) is 4.79 Å². The number of nitrogens with two attached hydrogens (primary N) is 1. The summed E-state index contributed by atoms with van der Waals surface area (Å²) < 4.78 is 13.3. The Morgan fingerprint density at radius 1 is 1.29 bits per heavy atom. The molecule has 2 aromatic rings. The zero-order valence-electron chi connectivity index (χ0n) is 11.3. The number of rotatable bonds is 3. The predicted octanol–water partition coefficient (Wildman–Crippen LogP) is 2.38. The molecule has 2 aromatic carbocycles. The molecule has 4 N–H and O–H groups in total. The van der Waals surface area contributed by atoms with Gasteiger partial charge in [0.15, 0.2) is 0 Å². The van der Waals surface area contributed by atoms with Gasteiger partial charge in [-0.15, -0.1) is 0 Å². The van der Waals surface area contributed by atoms with Crippen molar-refractivity contribution in [1.82, 2.24) is 5.32 Å². The number of carbonyl (C=O) groups excluding carboxylic acids is 1. The molecule has 0 atom stereocenters. The van der Waals surface area contributed by atoms with E-state index in [0.29, 0.717) is 22.6 Å². The van der Waals surface area contributed by atoms with Gasteiger partial charge in [0.25, 0.3) is 5.91 Å².